The highest BCUT2D eigenvalue weighted by molar-refractivity contribution is 5.72. The molecule has 0 aliphatic rings. The van der Waals surface area contributed by atoms with Crippen LogP contribution < -0.4 is 4.74 Å². The second-order valence-electron chi connectivity index (χ2n) is 5.82. The van der Waals surface area contributed by atoms with Gasteiger partial charge in [-0.25, -0.2) is 0 Å². The van der Waals surface area contributed by atoms with Gasteiger partial charge in [-0.3, -0.25) is 9.78 Å². The Kier molecular flexibility index (Phi) is 6.36. The van der Waals surface area contributed by atoms with Crippen molar-refractivity contribution >= 4 is 5.97 Å². The number of methoxy groups -OCH3 is 1. The molecule has 2 aromatic rings. The summed E-state index contributed by atoms with van der Waals surface area (Å²) in [4.78, 5) is 15.6. The molecule has 1 aromatic carbocycles. The number of esters is 1. The number of ether oxygens (including phenoxy) is 2. The fraction of sp³-hybridized carbons (Fsp3) is 0.400. The van der Waals surface area contributed by atoms with E-state index in [0.29, 0.717) is 6.61 Å². The van der Waals surface area contributed by atoms with Crippen molar-refractivity contribution in [3.8, 4) is 16.9 Å². The summed E-state index contributed by atoms with van der Waals surface area (Å²) in [6, 6.07) is 8.12. The average Bonchev–Trinajstić information content (AvgIpc) is 2.57. The maximum absolute atomic E-state index is 11.1. The molecule has 0 amide bonds. The normalized spacial score (nSPS) is 10.5. The molecule has 1 aromatic heterocycles. The minimum absolute atomic E-state index is 0.251. The number of nitrogens with zero attached hydrogens (tertiary/aromatic N) is 1. The molecular weight excluding hydrogens is 302 g/mol. The van der Waals surface area contributed by atoms with Crippen LogP contribution in [0.1, 0.15) is 36.6 Å². The molecule has 0 fully saturated rings. The van der Waals surface area contributed by atoms with Gasteiger partial charge in [-0.1, -0.05) is 19.4 Å². The second-order valence-corrected chi connectivity index (χ2v) is 5.82. The van der Waals surface area contributed by atoms with Crippen LogP contribution in [-0.4, -0.2) is 24.7 Å². The summed E-state index contributed by atoms with van der Waals surface area (Å²) < 4.78 is 10.2. The van der Waals surface area contributed by atoms with Crippen LogP contribution in [0.4, 0.5) is 0 Å². The lowest BCUT2D eigenvalue weighted by Gasteiger charge is -2.15. The maximum atomic E-state index is 11.1. The minimum atomic E-state index is -0.264. The number of hydrogen-bond acceptors (Lipinski definition) is 4. The lowest BCUT2D eigenvalue weighted by atomic mass is 9.93. The van der Waals surface area contributed by atoms with Gasteiger partial charge in [0.15, 0.2) is 0 Å². The van der Waals surface area contributed by atoms with E-state index in [9.17, 15) is 4.79 Å². The Hall–Kier alpha value is -2.36. The Morgan fingerprint density at radius 1 is 1.17 bits per heavy atom. The summed E-state index contributed by atoms with van der Waals surface area (Å²) in [6.45, 7) is 6.64. The molecule has 0 spiro atoms. The van der Waals surface area contributed by atoms with Gasteiger partial charge < -0.3 is 9.47 Å². The topological polar surface area (TPSA) is 48.4 Å². The third kappa shape index (κ3) is 4.34. The van der Waals surface area contributed by atoms with Gasteiger partial charge in [0.2, 0.25) is 0 Å². The van der Waals surface area contributed by atoms with E-state index in [0.717, 1.165) is 29.8 Å². The fourth-order valence-corrected chi connectivity index (χ4v) is 2.80. The predicted molar refractivity (Wildman–Crippen MR) is 95.3 cm³/mol. The molecule has 0 saturated carbocycles. The first-order chi connectivity index (χ1) is 11.6. The molecule has 0 aliphatic carbocycles. The van der Waals surface area contributed by atoms with E-state index in [2.05, 4.69) is 42.6 Å². The number of carbonyl (C=O) groups is 1. The van der Waals surface area contributed by atoms with Gasteiger partial charge >= 0.3 is 5.97 Å². The molecule has 0 aliphatic heterocycles. The largest absolute Gasteiger partial charge is 0.493 e. The van der Waals surface area contributed by atoms with Gasteiger partial charge in [0.05, 0.1) is 20.1 Å². The molecule has 1 heterocycles. The van der Waals surface area contributed by atoms with Crippen LogP contribution in [0.2, 0.25) is 0 Å². The van der Waals surface area contributed by atoms with Crippen molar-refractivity contribution in [2.75, 3.05) is 13.7 Å². The highest BCUT2D eigenvalue weighted by Crippen LogP contribution is 2.31. The lowest BCUT2D eigenvalue weighted by molar-refractivity contribution is -0.141. The molecule has 128 valence electrons. The molecule has 0 unspecified atom stereocenters. The van der Waals surface area contributed by atoms with Gasteiger partial charge in [0.25, 0.3) is 0 Å². The van der Waals surface area contributed by atoms with Gasteiger partial charge in [-0.2, -0.15) is 0 Å². The molecule has 0 radical (unpaired) electrons. The summed E-state index contributed by atoms with van der Waals surface area (Å²) in [6.07, 6.45) is 4.23. The molecule has 4 heteroatoms. The third-order valence-electron chi connectivity index (χ3n) is 4.06. The molecule has 0 atom stereocenters. The summed E-state index contributed by atoms with van der Waals surface area (Å²) in [7, 11) is 1.38. The van der Waals surface area contributed by atoms with Crippen LogP contribution in [0.25, 0.3) is 11.1 Å². The Morgan fingerprint density at radius 2 is 1.96 bits per heavy atom. The van der Waals surface area contributed by atoms with E-state index in [-0.39, 0.29) is 12.4 Å². The number of aryl methyl sites for hydroxylation is 2. The Morgan fingerprint density at radius 3 is 2.62 bits per heavy atom. The molecule has 0 saturated heterocycles. The van der Waals surface area contributed by atoms with Crippen molar-refractivity contribution < 1.29 is 14.3 Å². The van der Waals surface area contributed by atoms with Crippen LogP contribution in [0.5, 0.6) is 5.75 Å². The smallest absolute Gasteiger partial charge is 0.308 e. The van der Waals surface area contributed by atoms with Crippen molar-refractivity contribution in [1.29, 1.82) is 0 Å². The summed E-state index contributed by atoms with van der Waals surface area (Å²) in [5, 5.41) is 0. The van der Waals surface area contributed by atoms with E-state index < -0.39 is 0 Å². The lowest BCUT2D eigenvalue weighted by Crippen LogP contribution is -2.07. The third-order valence-corrected chi connectivity index (χ3v) is 4.06. The zero-order valence-corrected chi connectivity index (χ0v) is 14.9. The van der Waals surface area contributed by atoms with E-state index in [1.165, 1.54) is 23.8 Å². The van der Waals surface area contributed by atoms with E-state index in [1.807, 2.05) is 18.3 Å². The van der Waals surface area contributed by atoms with E-state index >= 15 is 0 Å². The summed E-state index contributed by atoms with van der Waals surface area (Å²) >= 11 is 0. The standard InChI is InChI=1S/C20H25NO3/c1-5-6-18-15(3)21-11-9-19(18)17-8-7-16(13-14(17)2)24-12-10-20(22)23-4/h7-9,11,13H,5-6,10,12H2,1-4H3. The Bertz CT molecular complexity index is 710. The molecule has 0 N–H and O–H groups in total. The number of pyridine rings is 1. The van der Waals surface area contributed by atoms with Crippen LogP contribution in [0.3, 0.4) is 0 Å². The van der Waals surface area contributed by atoms with Gasteiger partial charge in [-0.05, 0) is 60.7 Å². The maximum Gasteiger partial charge on any atom is 0.308 e. The highest BCUT2D eigenvalue weighted by Gasteiger charge is 2.11. The molecule has 24 heavy (non-hydrogen) atoms. The average molecular weight is 327 g/mol. The molecule has 4 nitrogen and oxygen atoms in total. The fourth-order valence-electron chi connectivity index (χ4n) is 2.80. The summed E-state index contributed by atoms with van der Waals surface area (Å²) in [5.41, 5.74) is 5.98. The van der Waals surface area contributed by atoms with Crippen LogP contribution in [0, 0.1) is 13.8 Å². The molecule has 2 rings (SSSR count). The van der Waals surface area contributed by atoms with Crippen molar-refractivity contribution in [2.24, 2.45) is 0 Å². The van der Waals surface area contributed by atoms with Crippen molar-refractivity contribution in [3.05, 3.63) is 47.3 Å². The van der Waals surface area contributed by atoms with Crippen molar-refractivity contribution in [3.63, 3.8) is 0 Å². The van der Waals surface area contributed by atoms with Gasteiger partial charge in [0.1, 0.15) is 5.75 Å². The zero-order chi connectivity index (χ0) is 17.5. The monoisotopic (exact) mass is 327 g/mol. The number of rotatable bonds is 7. The zero-order valence-electron chi connectivity index (χ0n) is 14.9. The number of benzene rings is 1. The van der Waals surface area contributed by atoms with Gasteiger partial charge in [-0.15, -0.1) is 0 Å². The highest BCUT2D eigenvalue weighted by atomic mass is 16.5. The quantitative estimate of drug-likeness (QED) is 0.713. The second kappa shape index (κ2) is 8.48. The van der Waals surface area contributed by atoms with Crippen molar-refractivity contribution in [1.82, 2.24) is 4.98 Å². The Balaban J connectivity index is 2.21. The first-order valence-corrected chi connectivity index (χ1v) is 8.32. The number of aromatic nitrogens is 1. The van der Waals surface area contributed by atoms with Crippen LogP contribution in [0.15, 0.2) is 30.5 Å². The van der Waals surface area contributed by atoms with E-state index in [1.54, 1.807) is 0 Å². The van der Waals surface area contributed by atoms with Crippen molar-refractivity contribution in [2.45, 2.75) is 40.0 Å². The SMILES string of the molecule is CCCc1c(-c2ccc(OCCC(=O)OC)cc2C)ccnc1C. The predicted octanol–water partition coefficient (Wildman–Crippen LogP) is 4.26. The first kappa shape index (κ1) is 18.0. The van der Waals surface area contributed by atoms with E-state index in [4.69, 9.17) is 4.74 Å². The van der Waals surface area contributed by atoms with Crippen LogP contribution >= 0.6 is 0 Å². The first-order valence-electron chi connectivity index (χ1n) is 8.32. The minimum Gasteiger partial charge on any atom is -0.493 e. The van der Waals surface area contributed by atoms with Crippen LogP contribution in [-0.2, 0) is 16.0 Å². The molecule has 0 bridgehead atoms. The number of carbonyl (C=O) groups excluding carboxylic acids is 1. The molecular formula is C20H25NO3. The Labute approximate surface area is 143 Å². The number of hydrogen-bond donors (Lipinski definition) is 0. The van der Waals surface area contributed by atoms with Gasteiger partial charge in [0, 0.05) is 11.9 Å². The summed E-state index contributed by atoms with van der Waals surface area (Å²) in [5.74, 6) is 0.503.